The third-order valence-electron chi connectivity index (χ3n) is 3.63. The molecule has 1 aliphatic heterocycles. The predicted molar refractivity (Wildman–Crippen MR) is 76.7 cm³/mol. The second-order valence-corrected chi connectivity index (χ2v) is 5.01. The van der Waals surface area contributed by atoms with Gasteiger partial charge in [-0.05, 0) is 43.0 Å². The average Bonchev–Trinajstić information content (AvgIpc) is 2.88. The maximum atomic E-state index is 12.6. The Morgan fingerprint density at radius 3 is 2.57 bits per heavy atom. The van der Waals surface area contributed by atoms with Crippen LogP contribution in [0.4, 0.5) is 5.69 Å². The number of carbonyl (C=O) groups excluding carboxylic acids is 1. The summed E-state index contributed by atoms with van der Waals surface area (Å²) in [7, 11) is 0. The molecule has 5 nitrogen and oxygen atoms in total. The number of amides is 1. The second kappa shape index (κ2) is 5.44. The largest absolute Gasteiger partial charge is 0.475 e. The molecule has 1 N–H and O–H groups in total. The summed E-state index contributed by atoms with van der Waals surface area (Å²) >= 11 is 0. The molecule has 0 atom stereocenters. The lowest BCUT2D eigenvalue weighted by Crippen LogP contribution is -2.31. The number of furan rings is 1. The number of fused-ring (bicyclic) bond motifs is 1. The number of aryl methyl sites for hydroxylation is 1. The number of anilines is 1. The van der Waals surface area contributed by atoms with Gasteiger partial charge in [-0.15, -0.1) is 0 Å². The fourth-order valence-electron chi connectivity index (χ4n) is 2.60. The van der Waals surface area contributed by atoms with Crippen LogP contribution in [-0.2, 0) is 6.42 Å². The van der Waals surface area contributed by atoms with Gasteiger partial charge < -0.3 is 14.4 Å². The predicted octanol–water partition coefficient (Wildman–Crippen LogP) is 2.96. The second-order valence-electron chi connectivity index (χ2n) is 5.01. The zero-order chi connectivity index (χ0) is 14.8. The normalized spacial score (nSPS) is 14.4. The van der Waals surface area contributed by atoms with E-state index in [1.165, 1.54) is 12.1 Å². The van der Waals surface area contributed by atoms with Crippen LogP contribution in [0.3, 0.4) is 0 Å². The third-order valence-corrected chi connectivity index (χ3v) is 3.63. The molecule has 108 valence electrons. The molecule has 1 aromatic heterocycles. The molecule has 0 saturated heterocycles. The van der Waals surface area contributed by atoms with E-state index in [1.54, 1.807) is 4.90 Å². The van der Waals surface area contributed by atoms with Crippen molar-refractivity contribution in [2.45, 2.75) is 19.3 Å². The first-order chi connectivity index (χ1) is 10.2. The highest BCUT2D eigenvalue weighted by Gasteiger charge is 2.25. The SMILES string of the molecule is O=C(O)c1ccc(C(=O)N2CCCCc3ccccc32)o1. The van der Waals surface area contributed by atoms with Gasteiger partial charge in [-0.25, -0.2) is 4.79 Å². The van der Waals surface area contributed by atoms with Crippen LogP contribution in [0.2, 0.25) is 0 Å². The van der Waals surface area contributed by atoms with Crippen LogP contribution >= 0.6 is 0 Å². The lowest BCUT2D eigenvalue weighted by atomic mass is 10.1. The summed E-state index contributed by atoms with van der Waals surface area (Å²) in [6.07, 6.45) is 2.88. The van der Waals surface area contributed by atoms with Crippen molar-refractivity contribution >= 4 is 17.6 Å². The van der Waals surface area contributed by atoms with E-state index in [0.717, 1.165) is 30.5 Å². The number of carboxylic acids is 1. The van der Waals surface area contributed by atoms with Crippen molar-refractivity contribution in [1.82, 2.24) is 0 Å². The number of rotatable bonds is 2. The highest BCUT2D eigenvalue weighted by molar-refractivity contribution is 6.05. The van der Waals surface area contributed by atoms with Gasteiger partial charge in [0.05, 0.1) is 0 Å². The van der Waals surface area contributed by atoms with E-state index < -0.39 is 5.97 Å². The molecule has 21 heavy (non-hydrogen) atoms. The summed E-state index contributed by atoms with van der Waals surface area (Å²) in [5.41, 5.74) is 2.02. The van der Waals surface area contributed by atoms with Gasteiger partial charge in [0.25, 0.3) is 5.91 Å². The molecule has 0 spiro atoms. The Bertz CT molecular complexity index is 689. The van der Waals surface area contributed by atoms with Gasteiger partial charge in [-0.2, -0.15) is 0 Å². The van der Waals surface area contributed by atoms with Crippen molar-refractivity contribution in [2.75, 3.05) is 11.4 Å². The zero-order valence-corrected chi connectivity index (χ0v) is 11.4. The Morgan fingerprint density at radius 1 is 1.05 bits per heavy atom. The molecule has 0 unspecified atom stereocenters. The van der Waals surface area contributed by atoms with E-state index in [0.29, 0.717) is 6.54 Å². The third kappa shape index (κ3) is 2.54. The number of carbonyl (C=O) groups is 2. The van der Waals surface area contributed by atoms with Crippen LogP contribution in [0.5, 0.6) is 0 Å². The van der Waals surface area contributed by atoms with E-state index in [-0.39, 0.29) is 17.4 Å². The van der Waals surface area contributed by atoms with Crippen molar-refractivity contribution < 1.29 is 19.1 Å². The first-order valence-electron chi connectivity index (χ1n) is 6.90. The standard InChI is InChI=1S/C16H15NO4/c18-15(13-8-9-14(21-13)16(19)20)17-10-4-3-6-11-5-1-2-7-12(11)17/h1-2,5,7-9H,3-4,6,10H2,(H,19,20). The molecule has 0 radical (unpaired) electrons. The van der Waals surface area contributed by atoms with Crippen molar-refractivity contribution in [2.24, 2.45) is 0 Å². The van der Waals surface area contributed by atoms with Gasteiger partial charge in [0.2, 0.25) is 5.76 Å². The van der Waals surface area contributed by atoms with E-state index in [9.17, 15) is 9.59 Å². The Balaban J connectivity index is 1.95. The summed E-state index contributed by atoms with van der Waals surface area (Å²) in [5, 5.41) is 8.87. The lowest BCUT2D eigenvalue weighted by Gasteiger charge is -2.21. The van der Waals surface area contributed by atoms with Crippen LogP contribution in [-0.4, -0.2) is 23.5 Å². The minimum absolute atomic E-state index is 0.0594. The van der Waals surface area contributed by atoms with Gasteiger partial charge in [0.15, 0.2) is 5.76 Å². The van der Waals surface area contributed by atoms with Crippen molar-refractivity contribution in [1.29, 1.82) is 0 Å². The summed E-state index contributed by atoms with van der Waals surface area (Å²) < 4.78 is 5.13. The Hall–Kier alpha value is -2.56. The number of benzene rings is 1. The van der Waals surface area contributed by atoms with E-state index >= 15 is 0 Å². The molecule has 0 fully saturated rings. The van der Waals surface area contributed by atoms with Crippen LogP contribution in [0, 0.1) is 0 Å². The number of nitrogens with zero attached hydrogens (tertiary/aromatic N) is 1. The molecule has 1 aliphatic rings. The maximum absolute atomic E-state index is 12.6. The molecule has 2 heterocycles. The van der Waals surface area contributed by atoms with Crippen LogP contribution in [0.25, 0.3) is 0 Å². The van der Waals surface area contributed by atoms with Gasteiger partial charge >= 0.3 is 5.97 Å². The van der Waals surface area contributed by atoms with E-state index in [4.69, 9.17) is 9.52 Å². The highest BCUT2D eigenvalue weighted by atomic mass is 16.4. The Morgan fingerprint density at radius 2 is 1.81 bits per heavy atom. The molecule has 0 bridgehead atoms. The number of hydrogen-bond donors (Lipinski definition) is 1. The number of carboxylic acid groups (broad SMARTS) is 1. The van der Waals surface area contributed by atoms with Crippen LogP contribution in [0.1, 0.15) is 39.5 Å². The fourth-order valence-corrected chi connectivity index (χ4v) is 2.60. The Labute approximate surface area is 121 Å². The molecule has 1 amide bonds. The molecule has 1 aromatic carbocycles. The fraction of sp³-hybridized carbons (Fsp3) is 0.250. The molecule has 3 rings (SSSR count). The van der Waals surface area contributed by atoms with Crippen molar-refractivity contribution in [3.8, 4) is 0 Å². The van der Waals surface area contributed by atoms with Crippen molar-refractivity contribution in [3.05, 3.63) is 53.5 Å². The summed E-state index contributed by atoms with van der Waals surface area (Å²) in [5.74, 6) is -1.63. The summed E-state index contributed by atoms with van der Waals surface area (Å²) in [4.78, 5) is 25.1. The molecule has 2 aromatic rings. The zero-order valence-electron chi connectivity index (χ0n) is 11.4. The monoisotopic (exact) mass is 285 g/mol. The highest BCUT2D eigenvalue weighted by Crippen LogP contribution is 2.27. The van der Waals surface area contributed by atoms with Gasteiger partial charge in [0.1, 0.15) is 0 Å². The van der Waals surface area contributed by atoms with Crippen molar-refractivity contribution in [3.63, 3.8) is 0 Å². The quantitative estimate of drug-likeness (QED) is 0.920. The average molecular weight is 285 g/mol. The molecule has 5 heteroatoms. The van der Waals surface area contributed by atoms with Gasteiger partial charge in [0, 0.05) is 12.2 Å². The lowest BCUT2D eigenvalue weighted by molar-refractivity contribution is 0.0660. The topological polar surface area (TPSA) is 70.8 Å². The van der Waals surface area contributed by atoms with Gasteiger partial charge in [-0.1, -0.05) is 18.2 Å². The minimum Gasteiger partial charge on any atom is -0.475 e. The van der Waals surface area contributed by atoms with Crippen LogP contribution in [0.15, 0.2) is 40.8 Å². The first kappa shape index (κ1) is 13.4. The first-order valence-corrected chi connectivity index (χ1v) is 6.90. The number of para-hydroxylation sites is 1. The Kier molecular flexibility index (Phi) is 3.48. The maximum Gasteiger partial charge on any atom is 0.371 e. The van der Waals surface area contributed by atoms with E-state index in [2.05, 4.69) is 0 Å². The van der Waals surface area contributed by atoms with Gasteiger partial charge in [-0.3, -0.25) is 4.79 Å². The molecule has 0 aliphatic carbocycles. The summed E-state index contributed by atoms with van der Waals surface area (Å²) in [6.45, 7) is 0.610. The minimum atomic E-state index is -1.18. The smallest absolute Gasteiger partial charge is 0.371 e. The van der Waals surface area contributed by atoms with E-state index in [1.807, 2.05) is 24.3 Å². The van der Waals surface area contributed by atoms with Crippen LogP contribution < -0.4 is 4.90 Å². The number of hydrogen-bond acceptors (Lipinski definition) is 3. The number of aromatic carboxylic acids is 1. The molecule has 0 saturated carbocycles. The summed E-state index contributed by atoms with van der Waals surface area (Å²) in [6, 6.07) is 10.5. The molecular weight excluding hydrogens is 270 g/mol. The molecular formula is C16H15NO4.